The summed E-state index contributed by atoms with van der Waals surface area (Å²) in [5.74, 6) is -0.519. The van der Waals surface area contributed by atoms with Gasteiger partial charge in [-0.1, -0.05) is 29.8 Å². The smallest absolute Gasteiger partial charge is 0.193 e. The molecule has 0 bridgehead atoms. The second-order valence-corrected chi connectivity index (χ2v) is 7.07. The van der Waals surface area contributed by atoms with Gasteiger partial charge in [-0.05, 0) is 29.8 Å². The summed E-state index contributed by atoms with van der Waals surface area (Å²) in [6.07, 6.45) is 3.62. The maximum Gasteiger partial charge on any atom is 0.193 e. The van der Waals surface area contributed by atoms with Crippen molar-refractivity contribution in [3.8, 4) is 11.5 Å². The lowest BCUT2D eigenvalue weighted by atomic mass is 9.97. The first-order valence-electron chi connectivity index (χ1n) is 9.19. The number of halogens is 1. The van der Waals surface area contributed by atoms with E-state index in [-0.39, 0.29) is 17.1 Å². The molecule has 152 valence electrons. The number of morpholine rings is 1. The van der Waals surface area contributed by atoms with E-state index in [1.807, 2.05) is 6.07 Å². The average molecular weight is 416 g/mol. The van der Waals surface area contributed by atoms with Crippen LogP contribution in [0.4, 0.5) is 0 Å². The predicted molar refractivity (Wildman–Crippen MR) is 111 cm³/mol. The molecule has 6 nitrogen and oxygen atoms in total. The Bertz CT molecular complexity index is 935. The fourth-order valence-electron chi connectivity index (χ4n) is 3.22. The highest BCUT2D eigenvalue weighted by Gasteiger charge is 2.24. The summed E-state index contributed by atoms with van der Waals surface area (Å²) >= 11 is 5.97. The quantitative estimate of drug-likeness (QED) is 0.423. The third-order valence-corrected chi connectivity index (χ3v) is 4.99. The Morgan fingerprint density at radius 2 is 2.07 bits per heavy atom. The van der Waals surface area contributed by atoms with E-state index in [1.54, 1.807) is 24.3 Å². The van der Waals surface area contributed by atoms with E-state index in [9.17, 15) is 14.7 Å². The van der Waals surface area contributed by atoms with Crippen molar-refractivity contribution in [2.75, 3.05) is 33.4 Å². The lowest BCUT2D eigenvalue weighted by molar-refractivity contribution is 0.0338. The minimum Gasteiger partial charge on any atom is -0.507 e. The zero-order chi connectivity index (χ0) is 20.8. The van der Waals surface area contributed by atoms with Crippen LogP contribution in [0, 0.1) is 0 Å². The molecule has 3 rings (SSSR count). The molecular formula is C22H22ClNO5. The normalized spacial score (nSPS) is 14.8. The van der Waals surface area contributed by atoms with Gasteiger partial charge in [-0.3, -0.25) is 14.5 Å². The number of hydrogen-bond donors (Lipinski definition) is 1. The summed E-state index contributed by atoms with van der Waals surface area (Å²) < 4.78 is 10.6. The molecule has 0 radical (unpaired) electrons. The van der Waals surface area contributed by atoms with Gasteiger partial charge in [-0.25, -0.2) is 0 Å². The number of rotatable bonds is 7. The molecule has 0 aromatic heterocycles. The van der Waals surface area contributed by atoms with E-state index in [0.29, 0.717) is 55.3 Å². The molecule has 2 aromatic carbocycles. The minimum atomic E-state index is -0.431. The summed E-state index contributed by atoms with van der Waals surface area (Å²) in [5.41, 5.74) is 1.48. The number of hydrogen-bond acceptors (Lipinski definition) is 6. The number of methoxy groups -OCH3 is 1. The van der Waals surface area contributed by atoms with Crippen molar-refractivity contribution in [1.82, 2.24) is 4.90 Å². The lowest BCUT2D eigenvalue weighted by Crippen LogP contribution is -2.36. The van der Waals surface area contributed by atoms with Crippen molar-refractivity contribution in [1.29, 1.82) is 0 Å². The Morgan fingerprint density at radius 1 is 1.31 bits per heavy atom. The minimum absolute atomic E-state index is 0.0274. The van der Waals surface area contributed by atoms with Crippen LogP contribution in [0.5, 0.6) is 11.5 Å². The number of nitrogens with zero attached hydrogens (tertiary/aromatic N) is 1. The standard InChI is InChI=1S/C22H22ClNO5/c1-28-20-12-16(14-25)18(13-24-7-9-29-10-8-24)22(27)21(20)19(26)6-5-15-3-2-4-17(23)11-15/h2-6,11-12,14,27H,7-10,13H2,1H3/b6-5+. The summed E-state index contributed by atoms with van der Waals surface area (Å²) in [4.78, 5) is 26.5. The number of aromatic hydroxyl groups is 1. The number of allylic oxidation sites excluding steroid dienone is 1. The number of ether oxygens (including phenoxy) is 2. The Hall–Kier alpha value is -2.67. The SMILES string of the molecule is COc1cc(C=O)c(CN2CCOCC2)c(O)c1C(=O)/C=C/c1cccc(Cl)c1. The van der Waals surface area contributed by atoms with Crippen molar-refractivity contribution >= 4 is 29.7 Å². The molecule has 0 atom stereocenters. The second kappa shape index (κ2) is 9.69. The highest BCUT2D eigenvalue weighted by atomic mass is 35.5. The number of aldehydes is 1. The molecule has 7 heteroatoms. The van der Waals surface area contributed by atoms with E-state index in [2.05, 4.69) is 4.90 Å². The largest absolute Gasteiger partial charge is 0.507 e. The third-order valence-electron chi connectivity index (χ3n) is 4.76. The van der Waals surface area contributed by atoms with E-state index < -0.39 is 5.78 Å². The molecule has 2 aromatic rings. The van der Waals surface area contributed by atoms with Gasteiger partial charge >= 0.3 is 0 Å². The molecule has 29 heavy (non-hydrogen) atoms. The van der Waals surface area contributed by atoms with Crippen LogP contribution in [0.15, 0.2) is 36.4 Å². The van der Waals surface area contributed by atoms with Crippen LogP contribution in [-0.4, -0.2) is 55.5 Å². The van der Waals surface area contributed by atoms with Crippen molar-refractivity contribution in [2.45, 2.75) is 6.54 Å². The number of benzene rings is 2. The Kier molecular flexibility index (Phi) is 7.04. The van der Waals surface area contributed by atoms with Crippen molar-refractivity contribution in [2.24, 2.45) is 0 Å². The first-order chi connectivity index (χ1) is 14.0. The molecule has 1 aliphatic heterocycles. The zero-order valence-corrected chi connectivity index (χ0v) is 16.8. The predicted octanol–water partition coefficient (Wildman–Crippen LogP) is 3.60. The van der Waals surface area contributed by atoms with Crippen LogP contribution in [0.3, 0.4) is 0 Å². The third kappa shape index (κ3) is 5.03. The molecule has 0 amide bonds. The number of carbonyl (C=O) groups is 2. The van der Waals surface area contributed by atoms with Gasteiger partial charge in [0.2, 0.25) is 0 Å². The number of ketones is 1. The molecule has 1 aliphatic rings. The van der Waals surface area contributed by atoms with Crippen LogP contribution in [0.25, 0.3) is 6.08 Å². The molecule has 1 fully saturated rings. The van der Waals surface area contributed by atoms with Gasteiger partial charge in [0.25, 0.3) is 0 Å². The van der Waals surface area contributed by atoms with E-state index in [0.717, 1.165) is 5.56 Å². The maximum atomic E-state index is 12.9. The van der Waals surface area contributed by atoms with Gasteiger partial charge in [0.15, 0.2) is 12.1 Å². The summed E-state index contributed by atoms with van der Waals surface area (Å²) in [5, 5.41) is 11.4. The van der Waals surface area contributed by atoms with Crippen LogP contribution in [0.1, 0.15) is 31.8 Å². The van der Waals surface area contributed by atoms with Crippen molar-refractivity contribution < 1.29 is 24.2 Å². The summed E-state index contributed by atoms with van der Waals surface area (Å²) in [6.45, 7) is 2.87. The molecule has 1 saturated heterocycles. The highest BCUT2D eigenvalue weighted by Crippen LogP contribution is 2.35. The van der Waals surface area contributed by atoms with Crippen molar-refractivity contribution in [3.63, 3.8) is 0 Å². The monoisotopic (exact) mass is 415 g/mol. The molecule has 0 spiro atoms. The molecule has 0 saturated carbocycles. The van der Waals surface area contributed by atoms with E-state index in [4.69, 9.17) is 21.1 Å². The Labute approximate surface area is 174 Å². The van der Waals surface area contributed by atoms with Gasteiger partial charge < -0.3 is 14.6 Å². The lowest BCUT2D eigenvalue weighted by Gasteiger charge is -2.27. The van der Waals surface area contributed by atoms with Crippen LogP contribution < -0.4 is 4.74 Å². The maximum absolute atomic E-state index is 12.9. The van der Waals surface area contributed by atoms with Gasteiger partial charge in [-0.15, -0.1) is 0 Å². The van der Waals surface area contributed by atoms with Crippen molar-refractivity contribution in [3.05, 3.63) is 63.7 Å². The van der Waals surface area contributed by atoms with Gasteiger partial charge in [0, 0.05) is 35.8 Å². The zero-order valence-electron chi connectivity index (χ0n) is 16.1. The Balaban J connectivity index is 1.96. The van der Waals surface area contributed by atoms with Crippen LogP contribution in [0.2, 0.25) is 5.02 Å². The molecule has 0 unspecified atom stereocenters. The van der Waals surface area contributed by atoms with Gasteiger partial charge in [0.05, 0.1) is 20.3 Å². The second-order valence-electron chi connectivity index (χ2n) is 6.63. The molecule has 0 aliphatic carbocycles. The van der Waals surface area contributed by atoms with Gasteiger partial charge in [-0.2, -0.15) is 0 Å². The average Bonchev–Trinajstić information content (AvgIpc) is 2.74. The summed E-state index contributed by atoms with van der Waals surface area (Å²) in [6, 6.07) is 8.55. The number of phenolic OH excluding ortho intramolecular Hbond substituents is 1. The van der Waals surface area contributed by atoms with E-state index >= 15 is 0 Å². The van der Waals surface area contributed by atoms with Crippen LogP contribution >= 0.6 is 11.6 Å². The number of phenols is 1. The highest BCUT2D eigenvalue weighted by molar-refractivity contribution is 6.30. The first kappa shape index (κ1) is 21.0. The fraction of sp³-hybridized carbons (Fsp3) is 0.273. The summed E-state index contributed by atoms with van der Waals surface area (Å²) in [7, 11) is 1.39. The fourth-order valence-corrected chi connectivity index (χ4v) is 3.42. The topological polar surface area (TPSA) is 76.1 Å². The molecule has 1 heterocycles. The molecular weight excluding hydrogens is 394 g/mol. The van der Waals surface area contributed by atoms with E-state index in [1.165, 1.54) is 19.3 Å². The first-order valence-corrected chi connectivity index (χ1v) is 9.57. The Morgan fingerprint density at radius 3 is 2.72 bits per heavy atom. The molecule has 1 N–H and O–H groups in total. The van der Waals surface area contributed by atoms with Crippen LogP contribution in [-0.2, 0) is 11.3 Å². The van der Waals surface area contributed by atoms with Gasteiger partial charge in [0.1, 0.15) is 17.1 Å². The number of carbonyl (C=O) groups excluding carboxylic acids is 2.